The van der Waals surface area contributed by atoms with Gasteiger partial charge >= 0.3 is 0 Å². The molecular formula is C15H20N2O3. The first-order chi connectivity index (χ1) is 9.42. The topological polar surface area (TPSA) is 62.1 Å². The molecule has 0 fully saturated rings. The maximum absolute atomic E-state index is 12.3. The van der Waals surface area contributed by atoms with Crippen LogP contribution in [0.1, 0.15) is 32.8 Å². The fraction of sp³-hybridized carbons (Fsp3) is 0.467. The van der Waals surface area contributed by atoms with Gasteiger partial charge in [-0.15, -0.1) is 0 Å². The Balaban J connectivity index is 2.20. The quantitative estimate of drug-likeness (QED) is 0.666. The van der Waals surface area contributed by atoms with Crippen molar-refractivity contribution in [2.45, 2.75) is 32.8 Å². The summed E-state index contributed by atoms with van der Waals surface area (Å²) in [6, 6.07) is 7.44. The number of amides is 1. The number of hydrogen-bond donors (Lipinski definition) is 1. The Kier molecular flexibility index (Phi) is 4.09. The molecule has 5 heteroatoms. The van der Waals surface area contributed by atoms with Crippen molar-refractivity contribution in [1.82, 2.24) is 0 Å². The largest absolute Gasteiger partial charge is 0.411 e. The third kappa shape index (κ3) is 3.17. The number of oxime groups is 1. The minimum atomic E-state index is -0.345. The summed E-state index contributed by atoms with van der Waals surface area (Å²) in [6.07, 6.45) is 0.536. The van der Waals surface area contributed by atoms with Crippen molar-refractivity contribution in [2.24, 2.45) is 5.16 Å². The van der Waals surface area contributed by atoms with Crippen molar-refractivity contribution in [3.8, 4) is 0 Å². The molecule has 0 atom stereocenters. The summed E-state index contributed by atoms with van der Waals surface area (Å²) in [6.45, 7) is 6.30. The van der Waals surface area contributed by atoms with Crippen LogP contribution in [0.4, 0.5) is 5.69 Å². The van der Waals surface area contributed by atoms with Gasteiger partial charge in [-0.1, -0.05) is 23.4 Å². The predicted octanol–water partition coefficient (Wildman–Crippen LogP) is 2.42. The highest BCUT2D eigenvalue weighted by atomic mass is 16.5. The lowest BCUT2D eigenvalue weighted by Crippen LogP contribution is -2.41. The number of hydrogen-bond acceptors (Lipinski definition) is 4. The molecule has 0 saturated heterocycles. The molecule has 0 aromatic heterocycles. The van der Waals surface area contributed by atoms with Crippen molar-refractivity contribution >= 4 is 17.3 Å². The van der Waals surface area contributed by atoms with Crippen LogP contribution >= 0.6 is 0 Å². The molecule has 1 aromatic carbocycles. The first-order valence-corrected chi connectivity index (χ1v) is 6.67. The second-order valence-electron chi connectivity index (χ2n) is 5.76. The molecule has 0 spiro atoms. The highest BCUT2D eigenvalue weighted by Crippen LogP contribution is 2.27. The van der Waals surface area contributed by atoms with Gasteiger partial charge in [-0.05, 0) is 26.8 Å². The Hall–Kier alpha value is -1.88. The molecule has 0 aliphatic carbocycles. The van der Waals surface area contributed by atoms with Gasteiger partial charge in [-0.25, -0.2) is 0 Å². The molecule has 1 amide bonds. The molecule has 20 heavy (non-hydrogen) atoms. The van der Waals surface area contributed by atoms with E-state index in [9.17, 15) is 4.79 Å². The van der Waals surface area contributed by atoms with Gasteiger partial charge in [0, 0.05) is 18.5 Å². The van der Waals surface area contributed by atoms with E-state index in [2.05, 4.69) is 5.16 Å². The normalized spacial score (nSPS) is 17.1. The fourth-order valence-corrected chi connectivity index (χ4v) is 2.14. The van der Waals surface area contributed by atoms with E-state index >= 15 is 0 Å². The van der Waals surface area contributed by atoms with E-state index < -0.39 is 0 Å². The molecule has 2 rings (SSSR count). The van der Waals surface area contributed by atoms with E-state index in [4.69, 9.17) is 9.94 Å². The zero-order valence-electron chi connectivity index (χ0n) is 12.1. The molecule has 0 bridgehead atoms. The van der Waals surface area contributed by atoms with E-state index in [1.807, 2.05) is 45.0 Å². The van der Waals surface area contributed by atoms with Crippen molar-refractivity contribution < 1.29 is 14.7 Å². The van der Waals surface area contributed by atoms with E-state index in [-0.39, 0.29) is 18.1 Å². The molecule has 1 aromatic rings. The standard InChI is InChI=1S/C15H20N2O3/c1-15(2,3)20-10-14(18)17-9-8-12(16-19)11-6-4-5-7-13(11)17/h4-7,19H,8-10H2,1-3H3/b16-12-. The summed E-state index contributed by atoms with van der Waals surface area (Å²) < 4.78 is 5.54. The lowest BCUT2D eigenvalue weighted by Gasteiger charge is -2.30. The van der Waals surface area contributed by atoms with Gasteiger partial charge < -0.3 is 14.8 Å². The molecule has 108 valence electrons. The summed E-state index contributed by atoms with van der Waals surface area (Å²) in [4.78, 5) is 14.0. The summed E-state index contributed by atoms with van der Waals surface area (Å²) in [5.74, 6) is -0.0793. The molecule has 0 saturated carbocycles. The zero-order valence-corrected chi connectivity index (χ0v) is 12.1. The number of carbonyl (C=O) groups is 1. The fourth-order valence-electron chi connectivity index (χ4n) is 2.14. The third-order valence-electron chi connectivity index (χ3n) is 3.13. The Bertz CT molecular complexity index is 532. The van der Waals surface area contributed by atoms with Crippen LogP contribution in [-0.2, 0) is 9.53 Å². The van der Waals surface area contributed by atoms with Gasteiger partial charge in [-0.2, -0.15) is 0 Å². The lowest BCUT2D eigenvalue weighted by molar-refractivity contribution is -0.127. The summed E-state index contributed by atoms with van der Waals surface area (Å²) >= 11 is 0. The van der Waals surface area contributed by atoms with Crippen molar-refractivity contribution in [3.63, 3.8) is 0 Å². The molecule has 1 aliphatic heterocycles. The van der Waals surface area contributed by atoms with Gasteiger partial charge in [0.15, 0.2) is 0 Å². The average Bonchev–Trinajstić information content (AvgIpc) is 2.42. The summed E-state index contributed by atoms with van der Waals surface area (Å²) in [5, 5.41) is 12.3. The number of benzene rings is 1. The molecule has 5 nitrogen and oxygen atoms in total. The lowest BCUT2D eigenvalue weighted by atomic mass is 9.99. The molecule has 1 aliphatic rings. The van der Waals surface area contributed by atoms with Crippen molar-refractivity contribution in [1.29, 1.82) is 0 Å². The minimum absolute atomic E-state index is 0.0451. The SMILES string of the molecule is CC(C)(C)OCC(=O)N1CC/C(=N/O)c2ccccc21. The predicted molar refractivity (Wildman–Crippen MR) is 77.4 cm³/mol. The maximum atomic E-state index is 12.3. The second kappa shape index (κ2) is 5.63. The molecule has 1 heterocycles. The smallest absolute Gasteiger partial charge is 0.253 e. The summed E-state index contributed by atoms with van der Waals surface area (Å²) in [7, 11) is 0. The highest BCUT2D eigenvalue weighted by molar-refractivity contribution is 6.11. The van der Waals surface area contributed by atoms with E-state index in [1.165, 1.54) is 0 Å². The van der Waals surface area contributed by atoms with Crippen LogP contribution in [-0.4, -0.2) is 35.6 Å². The van der Waals surface area contributed by atoms with Gasteiger partial charge in [0.05, 0.1) is 17.0 Å². The van der Waals surface area contributed by atoms with Gasteiger partial charge in [-0.3, -0.25) is 4.79 Å². The van der Waals surface area contributed by atoms with E-state index in [1.54, 1.807) is 4.90 Å². The Morgan fingerprint density at radius 2 is 2.10 bits per heavy atom. The van der Waals surface area contributed by atoms with Crippen LogP contribution in [0, 0.1) is 0 Å². The monoisotopic (exact) mass is 276 g/mol. The number of fused-ring (bicyclic) bond motifs is 1. The van der Waals surface area contributed by atoms with Gasteiger partial charge in [0.1, 0.15) is 6.61 Å². The molecule has 0 radical (unpaired) electrons. The maximum Gasteiger partial charge on any atom is 0.253 e. The van der Waals surface area contributed by atoms with Crippen LogP contribution in [0.25, 0.3) is 0 Å². The number of anilines is 1. The third-order valence-corrected chi connectivity index (χ3v) is 3.13. The van der Waals surface area contributed by atoms with Crippen molar-refractivity contribution in [2.75, 3.05) is 18.1 Å². The van der Waals surface area contributed by atoms with Crippen LogP contribution in [0.2, 0.25) is 0 Å². The summed E-state index contributed by atoms with van der Waals surface area (Å²) in [5.41, 5.74) is 1.84. The number of rotatable bonds is 2. The molecule has 1 N–H and O–H groups in total. The number of carbonyl (C=O) groups excluding carboxylic acids is 1. The number of nitrogens with zero attached hydrogens (tertiary/aromatic N) is 2. The average molecular weight is 276 g/mol. The first kappa shape index (κ1) is 14.5. The van der Waals surface area contributed by atoms with E-state index in [0.29, 0.717) is 18.7 Å². The zero-order chi connectivity index (χ0) is 14.8. The second-order valence-corrected chi connectivity index (χ2v) is 5.76. The van der Waals surface area contributed by atoms with Crippen LogP contribution < -0.4 is 4.90 Å². The first-order valence-electron chi connectivity index (χ1n) is 6.67. The van der Waals surface area contributed by atoms with Crippen LogP contribution in [0.5, 0.6) is 0 Å². The van der Waals surface area contributed by atoms with Gasteiger partial charge in [0.2, 0.25) is 0 Å². The number of ether oxygens (including phenoxy) is 1. The Morgan fingerprint density at radius 1 is 1.40 bits per heavy atom. The molecular weight excluding hydrogens is 256 g/mol. The molecule has 0 unspecified atom stereocenters. The Morgan fingerprint density at radius 3 is 2.75 bits per heavy atom. The van der Waals surface area contributed by atoms with E-state index in [0.717, 1.165) is 11.3 Å². The van der Waals surface area contributed by atoms with Crippen molar-refractivity contribution in [3.05, 3.63) is 29.8 Å². The van der Waals surface area contributed by atoms with Crippen LogP contribution in [0.15, 0.2) is 29.4 Å². The van der Waals surface area contributed by atoms with Gasteiger partial charge in [0.25, 0.3) is 5.91 Å². The highest BCUT2D eigenvalue weighted by Gasteiger charge is 2.27. The van der Waals surface area contributed by atoms with Crippen LogP contribution in [0.3, 0.4) is 0 Å². The minimum Gasteiger partial charge on any atom is -0.411 e. The number of para-hydroxylation sites is 1. The Labute approximate surface area is 118 Å².